The molecule has 1 heterocycles. The van der Waals surface area contributed by atoms with E-state index in [0.717, 1.165) is 29.1 Å². The first-order chi connectivity index (χ1) is 16.8. The molecule has 0 bridgehead atoms. The molecule has 5 rings (SSSR count). The molecular formula is C30H28N2O2. The fourth-order valence-electron chi connectivity index (χ4n) is 4.28. The first-order valence-corrected chi connectivity index (χ1v) is 11.6. The van der Waals surface area contributed by atoms with Gasteiger partial charge in [-0.25, -0.2) is 0 Å². The molecule has 34 heavy (non-hydrogen) atoms. The van der Waals surface area contributed by atoms with Crippen molar-refractivity contribution in [3.63, 3.8) is 0 Å². The molecule has 0 N–H and O–H groups in total. The maximum Gasteiger partial charge on any atom is 0.119 e. The van der Waals surface area contributed by atoms with E-state index in [0.29, 0.717) is 13.2 Å². The molecule has 0 saturated heterocycles. The van der Waals surface area contributed by atoms with Gasteiger partial charge >= 0.3 is 0 Å². The molecule has 4 heteroatoms. The van der Waals surface area contributed by atoms with Crippen molar-refractivity contribution in [2.45, 2.75) is 12.5 Å². The molecule has 0 aliphatic carbocycles. The van der Waals surface area contributed by atoms with Gasteiger partial charge in [0.05, 0.1) is 24.0 Å². The Balaban J connectivity index is 1.40. The zero-order valence-corrected chi connectivity index (χ0v) is 19.3. The lowest BCUT2D eigenvalue weighted by atomic mass is 9.96. The molecule has 1 aliphatic heterocycles. The van der Waals surface area contributed by atoms with Crippen molar-refractivity contribution in [2.75, 3.05) is 25.3 Å². The maximum atomic E-state index is 5.75. The summed E-state index contributed by atoms with van der Waals surface area (Å²) in [6.07, 6.45) is 0.837. The smallest absolute Gasteiger partial charge is 0.119 e. The lowest BCUT2D eigenvalue weighted by Crippen LogP contribution is -2.18. The van der Waals surface area contributed by atoms with Crippen LogP contribution in [-0.2, 0) is 4.74 Å². The average Bonchev–Trinajstić information content (AvgIpc) is 3.36. The van der Waals surface area contributed by atoms with Gasteiger partial charge in [-0.1, -0.05) is 84.9 Å². The van der Waals surface area contributed by atoms with Crippen LogP contribution in [0.1, 0.15) is 23.6 Å². The van der Waals surface area contributed by atoms with Gasteiger partial charge in [0.15, 0.2) is 0 Å². The van der Waals surface area contributed by atoms with Crippen molar-refractivity contribution in [1.29, 1.82) is 0 Å². The van der Waals surface area contributed by atoms with Crippen molar-refractivity contribution in [2.24, 2.45) is 5.10 Å². The molecule has 0 aromatic heterocycles. The Hall–Kier alpha value is -3.89. The van der Waals surface area contributed by atoms with Crippen LogP contribution in [0.4, 0.5) is 5.69 Å². The third kappa shape index (κ3) is 4.87. The molecule has 0 saturated carbocycles. The number of hydrazone groups is 1. The predicted molar refractivity (Wildman–Crippen MR) is 139 cm³/mol. The van der Waals surface area contributed by atoms with Gasteiger partial charge in [-0.05, 0) is 46.5 Å². The monoisotopic (exact) mass is 448 g/mol. The largest absolute Gasteiger partial charge is 0.491 e. The fourth-order valence-corrected chi connectivity index (χ4v) is 4.28. The van der Waals surface area contributed by atoms with E-state index in [-0.39, 0.29) is 6.04 Å². The van der Waals surface area contributed by atoms with Crippen molar-refractivity contribution < 1.29 is 9.47 Å². The van der Waals surface area contributed by atoms with Gasteiger partial charge in [-0.15, -0.1) is 0 Å². The first kappa shape index (κ1) is 21.9. The quantitative estimate of drug-likeness (QED) is 0.280. The van der Waals surface area contributed by atoms with E-state index in [1.165, 1.54) is 16.7 Å². The van der Waals surface area contributed by atoms with Crippen LogP contribution in [-0.4, -0.2) is 26.0 Å². The van der Waals surface area contributed by atoms with E-state index in [4.69, 9.17) is 14.6 Å². The highest BCUT2D eigenvalue weighted by Gasteiger charge is 2.29. The number of rotatable bonds is 8. The van der Waals surface area contributed by atoms with Gasteiger partial charge in [-0.3, -0.25) is 5.01 Å². The van der Waals surface area contributed by atoms with Crippen molar-refractivity contribution in [3.05, 3.63) is 120 Å². The number of methoxy groups -OCH3 is 1. The zero-order chi connectivity index (χ0) is 23.2. The van der Waals surface area contributed by atoms with Gasteiger partial charge < -0.3 is 9.47 Å². The number of para-hydroxylation sites is 1. The van der Waals surface area contributed by atoms with Crippen LogP contribution in [0.5, 0.6) is 5.75 Å². The summed E-state index contributed by atoms with van der Waals surface area (Å²) in [5.74, 6) is 0.850. The summed E-state index contributed by atoms with van der Waals surface area (Å²) < 4.78 is 10.8. The van der Waals surface area contributed by atoms with Crippen molar-refractivity contribution in [1.82, 2.24) is 0 Å². The SMILES string of the molecule is COCCOc1ccc(C2CC(c3ccc(-c4ccccc4)cc3)=NN2c2ccccc2)cc1. The molecule has 0 radical (unpaired) electrons. The second-order valence-corrected chi connectivity index (χ2v) is 8.30. The Morgan fingerprint density at radius 3 is 2.00 bits per heavy atom. The average molecular weight is 449 g/mol. The van der Waals surface area contributed by atoms with E-state index < -0.39 is 0 Å². The highest BCUT2D eigenvalue weighted by molar-refractivity contribution is 6.03. The summed E-state index contributed by atoms with van der Waals surface area (Å²) in [7, 11) is 1.68. The highest BCUT2D eigenvalue weighted by Crippen LogP contribution is 2.37. The number of ether oxygens (including phenoxy) is 2. The molecule has 0 fully saturated rings. The Labute approximate surface area is 201 Å². The van der Waals surface area contributed by atoms with E-state index in [9.17, 15) is 0 Å². The number of benzene rings is 4. The molecule has 4 aromatic carbocycles. The summed E-state index contributed by atoms with van der Waals surface area (Å²) in [4.78, 5) is 0. The summed E-state index contributed by atoms with van der Waals surface area (Å²) >= 11 is 0. The summed E-state index contributed by atoms with van der Waals surface area (Å²) in [5, 5.41) is 7.21. The summed E-state index contributed by atoms with van der Waals surface area (Å²) in [5.41, 5.74) is 6.98. The summed E-state index contributed by atoms with van der Waals surface area (Å²) in [6, 6.07) is 38.0. The fraction of sp³-hybridized carbons (Fsp3) is 0.167. The van der Waals surface area contributed by atoms with Crippen LogP contribution in [0.25, 0.3) is 11.1 Å². The number of hydrogen-bond donors (Lipinski definition) is 0. The second-order valence-electron chi connectivity index (χ2n) is 8.30. The number of hydrogen-bond acceptors (Lipinski definition) is 4. The van der Waals surface area contributed by atoms with Gasteiger partial charge in [-0.2, -0.15) is 5.10 Å². The number of anilines is 1. The van der Waals surface area contributed by atoms with Crippen LogP contribution in [0, 0.1) is 0 Å². The van der Waals surface area contributed by atoms with Crippen LogP contribution >= 0.6 is 0 Å². The molecule has 1 aliphatic rings. The van der Waals surface area contributed by atoms with Crippen molar-refractivity contribution in [3.8, 4) is 16.9 Å². The maximum absolute atomic E-state index is 5.75. The highest BCUT2D eigenvalue weighted by atomic mass is 16.5. The second kappa shape index (κ2) is 10.4. The Morgan fingerprint density at radius 1 is 0.706 bits per heavy atom. The van der Waals surface area contributed by atoms with Crippen LogP contribution in [0.15, 0.2) is 114 Å². The van der Waals surface area contributed by atoms with E-state index in [1.54, 1.807) is 7.11 Å². The lowest BCUT2D eigenvalue weighted by molar-refractivity contribution is 0.146. The standard InChI is InChI=1S/C30H28N2O2/c1-33-20-21-34-28-18-16-26(17-19-28)30-22-29(31-32(30)27-10-6-3-7-11-27)25-14-12-24(13-15-25)23-8-4-2-5-9-23/h2-19,30H,20-22H2,1H3. The third-order valence-electron chi connectivity index (χ3n) is 6.08. The predicted octanol–water partition coefficient (Wildman–Crippen LogP) is 6.73. The molecule has 4 aromatic rings. The summed E-state index contributed by atoms with van der Waals surface area (Å²) in [6.45, 7) is 1.12. The molecule has 0 amide bonds. The lowest BCUT2D eigenvalue weighted by Gasteiger charge is -2.24. The van der Waals surface area contributed by atoms with Crippen LogP contribution in [0.3, 0.4) is 0 Å². The van der Waals surface area contributed by atoms with Crippen LogP contribution in [0.2, 0.25) is 0 Å². The molecule has 170 valence electrons. The molecule has 1 unspecified atom stereocenters. The Morgan fingerprint density at radius 2 is 1.32 bits per heavy atom. The minimum Gasteiger partial charge on any atom is -0.491 e. The minimum atomic E-state index is 0.124. The number of nitrogens with zero attached hydrogens (tertiary/aromatic N) is 2. The molecule has 0 spiro atoms. The third-order valence-corrected chi connectivity index (χ3v) is 6.08. The van der Waals surface area contributed by atoms with Gasteiger partial charge in [0.1, 0.15) is 12.4 Å². The minimum absolute atomic E-state index is 0.124. The van der Waals surface area contributed by atoms with Gasteiger partial charge in [0.2, 0.25) is 0 Å². The Kier molecular flexibility index (Phi) is 6.68. The van der Waals surface area contributed by atoms with E-state index in [1.807, 2.05) is 24.3 Å². The zero-order valence-electron chi connectivity index (χ0n) is 19.3. The normalized spacial score (nSPS) is 15.3. The Bertz CT molecular complexity index is 1220. The van der Waals surface area contributed by atoms with Crippen molar-refractivity contribution >= 4 is 11.4 Å². The van der Waals surface area contributed by atoms with E-state index in [2.05, 4.69) is 89.9 Å². The molecular weight excluding hydrogens is 420 g/mol. The van der Waals surface area contributed by atoms with Crippen LogP contribution < -0.4 is 9.75 Å². The molecule has 4 nitrogen and oxygen atoms in total. The first-order valence-electron chi connectivity index (χ1n) is 11.6. The topological polar surface area (TPSA) is 34.1 Å². The van der Waals surface area contributed by atoms with Gasteiger partial charge in [0.25, 0.3) is 0 Å². The van der Waals surface area contributed by atoms with E-state index >= 15 is 0 Å². The molecule has 1 atom stereocenters. The van der Waals surface area contributed by atoms with Gasteiger partial charge in [0, 0.05) is 13.5 Å².